The van der Waals surface area contributed by atoms with Gasteiger partial charge in [0.1, 0.15) is 6.61 Å². The van der Waals surface area contributed by atoms with E-state index in [4.69, 9.17) is 9.47 Å². The maximum absolute atomic E-state index is 12.6. The van der Waals surface area contributed by atoms with Crippen LogP contribution in [0.5, 0.6) is 11.5 Å². The van der Waals surface area contributed by atoms with Crippen molar-refractivity contribution >= 4 is 44.0 Å². The van der Waals surface area contributed by atoms with Crippen molar-refractivity contribution in [2.75, 3.05) is 6.61 Å². The topological polar surface area (TPSA) is 59.9 Å². The second-order valence-corrected chi connectivity index (χ2v) is 10.5. The quantitative estimate of drug-likeness (QED) is 0.296. The van der Waals surface area contributed by atoms with Crippen LogP contribution in [-0.4, -0.2) is 18.7 Å². The molecule has 0 aliphatic heterocycles. The third-order valence-electron chi connectivity index (χ3n) is 6.63. The van der Waals surface area contributed by atoms with Gasteiger partial charge in [0.15, 0.2) is 11.5 Å². The van der Waals surface area contributed by atoms with Crippen molar-refractivity contribution in [1.82, 2.24) is 5.43 Å². The number of fused-ring (bicyclic) bond motifs is 1. The number of rotatable bonds is 8. The lowest BCUT2D eigenvalue weighted by molar-refractivity contribution is -0.123. The molecule has 4 rings (SSSR count). The second-order valence-electron chi connectivity index (χ2n) is 8.75. The molecule has 170 valence electrons. The molecule has 0 radical (unpaired) electrons. The highest BCUT2D eigenvalue weighted by Crippen LogP contribution is 2.66. The predicted octanol–water partition coefficient (Wildman–Crippen LogP) is 6.47. The molecule has 0 unspecified atom stereocenters. The molecule has 3 atom stereocenters. The van der Waals surface area contributed by atoms with Crippen LogP contribution in [0, 0.1) is 17.3 Å². The van der Waals surface area contributed by atoms with E-state index in [1.54, 1.807) is 6.21 Å². The molecular formula is C25H28Br2N2O3. The van der Waals surface area contributed by atoms with Gasteiger partial charge in [-0.3, -0.25) is 4.79 Å². The molecule has 1 N–H and O–H groups in total. The van der Waals surface area contributed by atoms with Gasteiger partial charge in [0, 0.05) is 10.4 Å². The molecule has 5 nitrogen and oxygen atoms in total. The average molecular weight is 564 g/mol. The Bertz CT molecular complexity index is 1010. The molecule has 2 aliphatic rings. The van der Waals surface area contributed by atoms with Crippen LogP contribution in [-0.2, 0) is 11.4 Å². The molecule has 32 heavy (non-hydrogen) atoms. The first-order chi connectivity index (χ1) is 15.4. The first-order valence-corrected chi connectivity index (χ1v) is 12.7. The molecule has 2 fully saturated rings. The SMILES string of the molecule is CCOc1cc(/C=N\NC(=O)[C@@H]2[C@H]3CCCC[C@@]32C)cc(Br)c1OCc1ccc(Br)cc1. The summed E-state index contributed by atoms with van der Waals surface area (Å²) < 4.78 is 13.7. The molecule has 7 heteroatoms. The number of nitrogens with one attached hydrogen (secondary N) is 1. The van der Waals surface area contributed by atoms with Crippen molar-refractivity contribution in [3.05, 3.63) is 56.5 Å². The average Bonchev–Trinajstić information content (AvgIpc) is 3.40. The van der Waals surface area contributed by atoms with Crippen LogP contribution in [0.1, 0.15) is 50.7 Å². The smallest absolute Gasteiger partial charge is 0.244 e. The Kier molecular flexibility index (Phi) is 7.25. The number of carbonyl (C=O) groups is 1. The maximum atomic E-state index is 12.6. The van der Waals surface area contributed by atoms with Gasteiger partial charge in [0.25, 0.3) is 0 Å². The molecule has 0 spiro atoms. The number of carbonyl (C=O) groups excluding carboxylic acids is 1. The van der Waals surface area contributed by atoms with Gasteiger partial charge in [-0.25, -0.2) is 5.43 Å². The molecule has 0 saturated heterocycles. The molecule has 2 saturated carbocycles. The molecule has 0 heterocycles. The van der Waals surface area contributed by atoms with Crippen LogP contribution in [0.4, 0.5) is 0 Å². The van der Waals surface area contributed by atoms with Gasteiger partial charge < -0.3 is 9.47 Å². The van der Waals surface area contributed by atoms with Crippen LogP contribution in [0.15, 0.2) is 50.4 Å². The van der Waals surface area contributed by atoms with E-state index >= 15 is 0 Å². The Labute approximate surface area is 206 Å². The number of ether oxygens (including phenoxy) is 2. The van der Waals surface area contributed by atoms with Gasteiger partial charge in [-0.05, 0) is 82.4 Å². The minimum absolute atomic E-state index is 0.0363. The Morgan fingerprint density at radius 1 is 1.22 bits per heavy atom. The highest BCUT2D eigenvalue weighted by molar-refractivity contribution is 9.10. The first kappa shape index (κ1) is 23.3. The number of hydrazone groups is 1. The van der Waals surface area contributed by atoms with Crippen LogP contribution in [0.3, 0.4) is 0 Å². The van der Waals surface area contributed by atoms with Crippen LogP contribution < -0.4 is 14.9 Å². The molecule has 0 aromatic heterocycles. The van der Waals surface area contributed by atoms with E-state index in [1.165, 1.54) is 12.8 Å². The normalized spacial score (nSPS) is 24.1. The Hall–Kier alpha value is -1.86. The lowest BCUT2D eigenvalue weighted by Gasteiger charge is -2.15. The predicted molar refractivity (Wildman–Crippen MR) is 133 cm³/mol. The summed E-state index contributed by atoms with van der Waals surface area (Å²) in [6, 6.07) is 11.8. The van der Waals surface area contributed by atoms with Crippen molar-refractivity contribution < 1.29 is 14.3 Å². The lowest BCUT2D eigenvalue weighted by Crippen LogP contribution is -2.22. The summed E-state index contributed by atoms with van der Waals surface area (Å²) in [5.41, 5.74) is 4.80. The first-order valence-electron chi connectivity index (χ1n) is 11.1. The maximum Gasteiger partial charge on any atom is 0.244 e. The molecule has 2 aliphatic carbocycles. The summed E-state index contributed by atoms with van der Waals surface area (Å²) in [5, 5.41) is 4.22. The number of nitrogens with zero attached hydrogens (tertiary/aromatic N) is 1. The fourth-order valence-corrected chi connectivity index (χ4v) is 5.73. The molecular weight excluding hydrogens is 536 g/mol. The van der Waals surface area contributed by atoms with Crippen LogP contribution in [0.2, 0.25) is 0 Å². The van der Waals surface area contributed by atoms with E-state index < -0.39 is 0 Å². The summed E-state index contributed by atoms with van der Waals surface area (Å²) in [4.78, 5) is 12.6. The van der Waals surface area contributed by atoms with Gasteiger partial charge >= 0.3 is 0 Å². The number of amides is 1. The van der Waals surface area contributed by atoms with Crippen LogP contribution >= 0.6 is 31.9 Å². The third kappa shape index (κ3) is 5.04. The number of hydrogen-bond donors (Lipinski definition) is 1. The Morgan fingerprint density at radius 2 is 2.00 bits per heavy atom. The van der Waals surface area contributed by atoms with E-state index in [9.17, 15) is 4.79 Å². The molecule has 1 amide bonds. The van der Waals surface area contributed by atoms with E-state index in [0.29, 0.717) is 30.6 Å². The van der Waals surface area contributed by atoms with Crippen molar-refractivity contribution in [2.24, 2.45) is 22.4 Å². The summed E-state index contributed by atoms with van der Waals surface area (Å²) in [5.74, 6) is 1.93. The monoisotopic (exact) mass is 562 g/mol. The highest BCUT2D eigenvalue weighted by atomic mass is 79.9. The summed E-state index contributed by atoms with van der Waals surface area (Å²) in [6.45, 7) is 5.11. The number of halogens is 2. The van der Waals surface area contributed by atoms with Crippen molar-refractivity contribution in [2.45, 2.75) is 46.1 Å². The minimum atomic E-state index is 0.0363. The van der Waals surface area contributed by atoms with Gasteiger partial charge in [0.2, 0.25) is 5.91 Å². The zero-order valence-electron chi connectivity index (χ0n) is 18.4. The molecule has 0 bridgehead atoms. The molecule has 2 aromatic rings. The van der Waals surface area contributed by atoms with E-state index in [-0.39, 0.29) is 17.2 Å². The van der Waals surface area contributed by atoms with Gasteiger partial charge in [-0.15, -0.1) is 0 Å². The van der Waals surface area contributed by atoms with E-state index in [2.05, 4.69) is 49.3 Å². The van der Waals surface area contributed by atoms with Crippen LogP contribution in [0.25, 0.3) is 0 Å². The molecule has 2 aromatic carbocycles. The van der Waals surface area contributed by atoms with Gasteiger partial charge in [-0.2, -0.15) is 5.10 Å². The second kappa shape index (κ2) is 9.96. The van der Waals surface area contributed by atoms with Crippen molar-refractivity contribution in [1.29, 1.82) is 0 Å². The Balaban J connectivity index is 1.41. The zero-order valence-corrected chi connectivity index (χ0v) is 21.5. The zero-order chi connectivity index (χ0) is 22.7. The van der Waals surface area contributed by atoms with Crippen molar-refractivity contribution in [3.8, 4) is 11.5 Å². The van der Waals surface area contributed by atoms with Gasteiger partial charge in [-0.1, -0.05) is 47.8 Å². The fraction of sp³-hybridized carbons (Fsp3) is 0.440. The number of hydrogen-bond acceptors (Lipinski definition) is 4. The number of benzene rings is 2. The summed E-state index contributed by atoms with van der Waals surface area (Å²) in [6.07, 6.45) is 6.41. The Morgan fingerprint density at radius 3 is 2.69 bits per heavy atom. The lowest BCUT2D eigenvalue weighted by atomic mass is 9.90. The standard InChI is InChI=1S/C25H28Br2N2O3/c1-3-31-21-13-17(12-20(27)23(21)32-15-16-7-9-18(26)10-8-16)14-28-29-24(30)22-19-6-4-5-11-25(19,22)2/h7-10,12-14,19,22H,3-6,11,15H2,1-2H3,(H,29,30)/b28-14-/t19-,22+,25+/m1/s1. The van der Waals surface area contributed by atoms with E-state index in [0.717, 1.165) is 32.9 Å². The fourth-order valence-electron chi connectivity index (χ4n) is 4.89. The van der Waals surface area contributed by atoms with Crippen molar-refractivity contribution in [3.63, 3.8) is 0 Å². The summed E-state index contributed by atoms with van der Waals surface area (Å²) >= 11 is 7.04. The third-order valence-corrected chi connectivity index (χ3v) is 7.75. The minimum Gasteiger partial charge on any atom is -0.490 e. The largest absolute Gasteiger partial charge is 0.490 e. The van der Waals surface area contributed by atoms with E-state index in [1.807, 2.05) is 43.3 Å². The highest BCUT2D eigenvalue weighted by Gasteiger charge is 2.64. The summed E-state index contributed by atoms with van der Waals surface area (Å²) in [7, 11) is 0. The van der Waals surface area contributed by atoms with Gasteiger partial charge in [0.05, 0.1) is 17.3 Å².